The maximum Gasteiger partial charge on any atom is 0.306 e. The van der Waals surface area contributed by atoms with Crippen LogP contribution in [0.1, 0.15) is 292 Å². The van der Waals surface area contributed by atoms with Gasteiger partial charge in [0.2, 0.25) is 0 Å². The van der Waals surface area contributed by atoms with Crippen molar-refractivity contribution in [3.63, 3.8) is 0 Å². The van der Waals surface area contributed by atoms with Gasteiger partial charge >= 0.3 is 17.9 Å². The molecule has 0 heterocycles. The Morgan fingerprint density at radius 1 is 0.333 bits per heavy atom. The van der Waals surface area contributed by atoms with Gasteiger partial charge < -0.3 is 14.2 Å². The van der Waals surface area contributed by atoms with Crippen LogP contribution in [0.5, 0.6) is 0 Å². The molecule has 0 fully saturated rings. The van der Waals surface area contributed by atoms with Crippen molar-refractivity contribution in [3.05, 3.63) is 0 Å². The number of carbonyl (C=O) groups excluding carboxylic acids is 3. The number of hydrogen-bond acceptors (Lipinski definition) is 6. The average Bonchev–Trinajstić information content (AvgIpc) is 3.22. The van der Waals surface area contributed by atoms with Gasteiger partial charge in [0, 0.05) is 19.3 Å². The smallest absolute Gasteiger partial charge is 0.306 e. The largest absolute Gasteiger partial charge is 0.462 e. The first-order valence-electron chi connectivity index (χ1n) is 26.6. The van der Waals surface area contributed by atoms with Crippen LogP contribution in [0, 0.1) is 17.8 Å². The number of esters is 3. The fourth-order valence-corrected chi connectivity index (χ4v) is 8.08. The van der Waals surface area contributed by atoms with Crippen molar-refractivity contribution in [2.75, 3.05) is 13.2 Å². The molecule has 0 saturated heterocycles. The topological polar surface area (TPSA) is 78.9 Å². The van der Waals surface area contributed by atoms with Gasteiger partial charge in [0.1, 0.15) is 13.2 Å². The summed E-state index contributed by atoms with van der Waals surface area (Å²) in [5.74, 6) is 1.66. The fraction of sp³-hybridized carbons (Fsp3) is 0.944. The third kappa shape index (κ3) is 45.9. The van der Waals surface area contributed by atoms with E-state index in [0.717, 1.165) is 75.5 Å². The van der Waals surface area contributed by atoms with Gasteiger partial charge in [-0.3, -0.25) is 14.4 Å². The molecule has 60 heavy (non-hydrogen) atoms. The average molecular weight is 849 g/mol. The molecule has 0 saturated carbocycles. The van der Waals surface area contributed by atoms with E-state index in [9.17, 15) is 14.4 Å². The molecule has 0 aromatic heterocycles. The zero-order valence-electron chi connectivity index (χ0n) is 41.3. The van der Waals surface area contributed by atoms with Gasteiger partial charge in [-0.1, -0.05) is 253 Å². The molecule has 0 radical (unpaired) electrons. The lowest BCUT2D eigenvalue weighted by atomic mass is 9.99. The van der Waals surface area contributed by atoms with E-state index in [1.165, 1.54) is 173 Å². The zero-order chi connectivity index (χ0) is 44.2. The second kappa shape index (κ2) is 45.4. The van der Waals surface area contributed by atoms with Gasteiger partial charge in [0.05, 0.1) is 0 Å². The van der Waals surface area contributed by atoms with Gasteiger partial charge in [-0.05, 0) is 37.0 Å². The van der Waals surface area contributed by atoms with Crippen molar-refractivity contribution >= 4 is 17.9 Å². The number of carbonyl (C=O) groups is 3. The molecule has 6 heteroatoms. The number of ether oxygens (including phenoxy) is 3. The Labute approximate surface area is 374 Å². The van der Waals surface area contributed by atoms with Crippen LogP contribution in [0.15, 0.2) is 0 Å². The van der Waals surface area contributed by atoms with Gasteiger partial charge in [-0.25, -0.2) is 0 Å². The first-order chi connectivity index (χ1) is 29.1. The summed E-state index contributed by atoms with van der Waals surface area (Å²) in [5.41, 5.74) is 0. The van der Waals surface area contributed by atoms with E-state index in [-0.39, 0.29) is 31.1 Å². The normalized spacial score (nSPS) is 12.6. The molecule has 0 aliphatic carbocycles. The van der Waals surface area contributed by atoms with Gasteiger partial charge in [0.25, 0.3) is 0 Å². The molecule has 0 rings (SSSR count). The van der Waals surface area contributed by atoms with Crippen molar-refractivity contribution in [2.45, 2.75) is 298 Å². The summed E-state index contributed by atoms with van der Waals surface area (Å²) in [4.78, 5) is 38.0. The van der Waals surface area contributed by atoms with Crippen LogP contribution in [-0.4, -0.2) is 37.2 Å². The number of rotatable bonds is 47. The SMILES string of the molecule is CCC(C)CCCCCCCCCCC(=O)OC[C@@H](COC(=O)CCCCCCCCCCCCCCC(C)C)OC(=O)CCCCCCCCCCCCCCC(C)C. The quantitative estimate of drug-likeness (QED) is 0.0345. The Morgan fingerprint density at radius 2 is 0.583 bits per heavy atom. The van der Waals surface area contributed by atoms with Gasteiger partial charge in [0.15, 0.2) is 6.10 Å². The highest BCUT2D eigenvalue weighted by Gasteiger charge is 2.19. The molecule has 0 aliphatic heterocycles. The van der Waals surface area contributed by atoms with Crippen LogP contribution < -0.4 is 0 Å². The monoisotopic (exact) mass is 849 g/mol. The lowest BCUT2D eigenvalue weighted by Gasteiger charge is -2.18. The summed E-state index contributed by atoms with van der Waals surface area (Å²) in [6.07, 6.45) is 45.1. The molecule has 0 N–H and O–H groups in total. The Bertz CT molecular complexity index is 931. The summed E-state index contributed by atoms with van der Waals surface area (Å²) in [6, 6.07) is 0. The summed E-state index contributed by atoms with van der Waals surface area (Å²) < 4.78 is 16.8. The molecule has 0 aromatic rings. The van der Waals surface area contributed by atoms with Crippen LogP contribution in [0.25, 0.3) is 0 Å². The summed E-state index contributed by atoms with van der Waals surface area (Å²) >= 11 is 0. The number of hydrogen-bond donors (Lipinski definition) is 0. The second-order valence-corrected chi connectivity index (χ2v) is 19.7. The Morgan fingerprint density at radius 3 is 0.867 bits per heavy atom. The summed E-state index contributed by atoms with van der Waals surface area (Å²) in [6.45, 7) is 13.7. The maximum atomic E-state index is 12.8. The van der Waals surface area contributed by atoms with Gasteiger partial charge in [-0.15, -0.1) is 0 Å². The minimum atomic E-state index is -0.763. The van der Waals surface area contributed by atoms with Crippen molar-refractivity contribution in [1.29, 1.82) is 0 Å². The van der Waals surface area contributed by atoms with Crippen molar-refractivity contribution in [2.24, 2.45) is 17.8 Å². The molecule has 2 atom stereocenters. The molecule has 1 unspecified atom stereocenters. The lowest BCUT2D eigenvalue weighted by Crippen LogP contribution is -2.30. The first-order valence-corrected chi connectivity index (χ1v) is 26.6. The molecule has 0 bridgehead atoms. The standard InChI is InChI=1S/C54H104O6/c1-7-50(6)42-36-30-24-20-21-26-32-38-44-53(56)59-47-51(60-54(57)45-39-33-27-19-15-11-9-13-17-23-29-35-41-49(4)5)46-58-52(55)43-37-31-25-18-14-10-8-12-16-22-28-34-40-48(2)3/h48-51H,7-47H2,1-6H3/t50?,51-/m1/s1. The Balaban J connectivity index is 4.33. The predicted octanol–water partition coefficient (Wildman–Crippen LogP) is 17.2. The van der Waals surface area contributed by atoms with Crippen LogP contribution >= 0.6 is 0 Å². The molecular weight excluding hydrogens is 745 g/mol. The maximum absolute atomic E-state index is 12.8. The van der Waals surface area contributed by atoms with Crippen LogP contribution in [-0.2, 0) is 28.6 Å². The summed E-state index contributed by atoms with van der Waals surface area (Å²) in [7, 11) is 0. The predicted molar refractivity (Wildman–Crippen MR) is 256 cm³/mol. The lowest BCUT2D eigenvalue weighted by molar-refractivity contribution is -0.167. The fourth-order valence-electron chi connectivity index (χ4n) is 8.08. The zero-order valence-corrected chi connectivity index (χ0v) is 41.3. The van der Waals surface area contributed by atoms with Crippen molar-refractivity contribution < 1.29 is 28.6 Å². The minimum Gasteiger partial charge on any atom is -0.462 e. The molecular formula is C54H104O6. The third-order valence-corrected chi connectivity index (χ3v) is 12.5. The highest BCUT2D eigenvalue weighted by atomic mass is 16.6. The van der Waals surface area contributed by atoms with Crippen LogP contribution in [0.2, 0.25) is 0 Å². The minimum absolute atomic E-state index is 0.0646. The van der Waals surface area contributed by atoms with E-state index >= 15 is 0 Å². The first kappa shape index (κ1) is 58.4. The van der Waals surface area contributed by atoms with E-state index in [0.29, 0.717) is 19.3 Å². The second-order valence-electron chi connectivity index (χ2n) is 19.7. The van der Waals surface area contributed by atoms with E-state index in [4.69, 9.17) is 14.2 Å². The highest BCUT2D eigenvalue weighted by molar-refractivity contribution is 5.71. The highest BCUT2D eigenvalue weighted by Crippen LogP contribution is 2.18. The van der Waals surface area contributed by atoms with Crippen molar-refractivity contribution in [1.82, 2.24) is 0 Å². The molecule has 356 valence electrons. The molecule has 6 nitrogen and oxygen atoms in total. The van der Waals surface area contributed by atoms with E-state index in [1.807, 2.05) is 0 Å². The Kier molecular flexibility index (Phi) is 44.2. The van der Waals surface area contributed by atoms with Crippen molar-refractivity contribution in [3.8, 4) is 0 Å². The molecule has 0 aromatic carbocycles. The van der Waals surface area contributed by atoms with E-state index in [1.54, 1.807) is 0 Å². The number of unbranched alkanes of at least 4 members (excludes halogenated alkanes) is 29. The molecule has 0 spiro atoms. The Hall–Kier alpha value is -1.59. The van der Waals surface area contributed by atoms with E-state index < -0.39 is 6.10 Å². The molecule has 0 amide bonds. The third-order valence-electron chi connectivity index (χ3n) is 12.5. The van der Waals surface area contributed by atoms with E-state index in [2.05, 4.69) is 41.5 Å². The van der Waals surface area contributed by atoms with Gasteiger partial charge in [-0.2, -0.15) is 0 Å². The van der Waals surface area contributed by atoms with Crippen LogP contribution in [0.3, 0.4) is 0 Å². The summed E-state index contributed by atoms with van der Waals surface area (Å²) in [5, 5.41) is 0. The molecule has 0 aliphatic rings. The van der Waals surface area contributed by atoms with Crippen LogP contribution in [0.4, 0.5) is 0 Å².